The molecule has 3 heteroatoms. The molecule has 16 heavy (non-hydrogen) atoms. The van der Waals surface area contributed by atoms with Gasteiger partial charge < -0.3 is 5.32 Å². The third kappa shape index (κ3) is 2.49. The van der Waals surface area contributed by atoms with E-state index >= 15 is 0 Å². The first-order valence-electron chi connectivity index (χ1n) is 5.60. The van der Waals surface area contributed by atoms with E-state index in [4.69, 9.17) is 0 Å². The van der Waals surface area contributed by atoms with Crippen molar-refractivity contribution in [3.63, 3.8) is 0 Å². The number of nitrogens with zero attached hydrogens (tertiary/aromatic N) is 2. The van der Waals surface area contributed by atoms with Gasteiger partial charge in [-0.3, -0.25) is 4.68 Å². The number of rotatable bonds is 5. The van der Waals surface area contributed by atoms with Gasteiger partial charge in [0, 0.05) is 12.4 Å². The second-order valence-electron chi connectivity index (χ2n) is 3.80. The fourth-order valence-corrected chi connectivity index (χ4v) is 1.87. The topological polar surface area (TPSA) is 29.9 Å². The van der Waals surface area contributed by atoms with E-state index in [1.807, 2.05) is 36.3 Å². The molecule has 1 N–H and O–H groups in total. The lowest BCUT2D eigenvalue weighted by Crippen LogP contribution is -2.18. The Balaban J connectivity index is 2.21. The first-order chi connectivity index (χ1) is 7.92. The van der Waals surface area contributed by atoms with Crippen molar-refractivity contribution < 1.29 is 0 Å². The standard InChI is InChI=1S/C13H17N3/c1-14-10-8-13(16-11-5-9-15-16)12-6-3-2-4-7-12/h2-7,9,11,13-14H,8,10H2,1H3. The summed E-state index contributed by atoms with van der Waals surface area (Å²) < 4.78 is 2.02. The van der Waals surface area contributed by atoms with Crippen LogP contribution in [0.2, 0.25) is 0 Å². The predicted molar refractivity (Wildman–Crippen MR) is 65.4 cm³/mol. The van der Waals surface area contributed by atoms with Crippen molar-refractivity contribution >= 4 is 0 Å². The fourth-order valence-electron chi connectivity index (χ4n) is 1.87. The summed E-state index contributed by atoms with van der Waals surface area (Å²) in [7, 11) is 1.98. The van der Waals surface area contributed by atoms with Crippen molar-refractivity contribution in [2.75, 3.05) is 13.6 Å². The maximum atomic E-state index is 4.33. The number of hydrogen-bond donors (Lipinski definition) is 1. The summed E-state index contributed by atoms with van der Waals surface area (Å²) in [5, 5.41) is 7.52. The maximum absolute atomic E-state index is 4.33. The highest BCUT2D eigenvalue weighted by Gasteiger charge is 2.12. The van der Waals surface area contributed by atoms with Crippen LogP contribution >= 0.6 is 0 Å². The molecule has 0 aliphatic carbocycles. The van der Waals surface area contributed by atoms with Crippen molar-refractivity contribution in [1.82, 2.24) is 15.1 Å². The van der Waals surface area contributed by atoms with Gasteiger partial charge in [-0.2, -0.15) is 5.10 Å². The maximum Gasteiger partial charge on any atom is 0.0780 e. The molecular weight excluding hydrogens is 198 g/mol. The van der Waals surface area contributed by atoms with Crippen molar-refractivity contribution in [3.8, 4) is 0 Å². The lowest BCUT2D eigenvalue weighted by molar-refractivity contribution is 0.480. The first kappa shape index (κ1) is 10.9. The summed E-state index contributed by atoms with van der Waals surface area (Å²) in [5.41, 5.74) is 1.31. The predicted octanol–water partition coefficient (Wildman–Crippen LogP) is 2.08. The molecule has 0 spiro atoms. The third-order valence-electron chi connectivity index (χ3n) is 2.70. The van der Waals surface area contributed by atoms with Crippen LogP contribution in [0.5, 0.6) is 0 Å². The molecule has 1 aromatic heterocycles. The molecule has 2 rings (SSSR count). The van der Waals surface area contributed by atoms with Crippen LogP contribution in [-0.2, 0) is 0 Å². The van der Waals surface area contributed by atoms with E-state index in [1.54, 1.807) is 0 Å². The van der Waals surface area contributed by atoms with E-state index in [0.29, 0.717) is 6.04 Å². The Morgan fingerprint density at radius 2 is 2.06 bits per heavy atom. The fraction of sp³-hybridized carbons (Fsp3) is 0.308. The largest absolute Gasteiger partial charge is 0.320 e. The zero-order chi connectivity index (χ0) is 11.2. The molecule has 84 valence electrons. The van der Waals surface area contributed by atoms with Gasteiger partial charge in [-0.15, -0.1) is 0 Å². The van der Waals surface area contributed by atoms with Crippen LogP contribution < -0.4 is 5.32 Å². The normalized spacial score (nSPS) is 12.6. The molecule has 1 aromatic carbocycles. The van der Waals surface area contributed by atoms with Gasteiger partial charge in [0.05, 0.1) is 6.04 Å². The Bertz CT molecular complexity index is 394. The third-order valence-corrected chi connectivity index (χ3v) is 2.70. The summed E-state index contributed by atoms with van der Waals surface area (Å²) in [6.45, 7) is 0.986. The monoisotopic (exact) mass is 215 g/mol. The molecule has 1 atom stereocenters. The van der Waals surface area contributed by atoms with Crippen molar-refractivity contribution in [3.05, 3.63) is 54.4 Å². The van der Waals surface area contributed by atoms with Crippen molar-refractivity contribution in [2.45, 2.75) is 12.5 Å². The van der Waals surface area contributed by atoms with Crippen LogP contribution in [0.25, 0.3) is 0 Å². The Morgan fingerprint density at radius 3 is 2.69 bits per heavy atom. The summed E-state index contributed by atoms with van der Waals surface area (Å²) in [5.74, 6) is 0. The van der Waals surface area contributed by atoms with Crippen molar-refractivity contribution in [1.29, 1.82) is 0 Å². The minimum Gasteiger partial charge on any atom is -0.320 e. The van der Waals surface area contributed by atoms with E-state index < -0.39 is 0 Å². The van der Waals surface area contributed by atoms with Gasteiger partial charge in [-0.05, 0) is 31.6 Å². The number of aromatic nitrogens is 2. The van der Waals surface area contributed by atoms with E-state index in [2.05, 4.69) is 34.7 Å². The molecule has 0 saturated heterocycles. The van der Waals surface area contributed by atoms with Crippen LogP contribution in [0.15, 0.2) is 48.8 Å². The van der Waals surface area contributed by atoms with E-state index in [9.17, 15) is 0 Å². The highest BCUT2D eigenvalue weighted by Crippen LogP contribution is 2.20. The van der Waals surface area contributed by atoms with Gasteiger partial charge in [0.15, 0.2) is 0 Å². The summed E-state index contributed by atoms with van der Waals surface area (Å²) >= 11 is 0. The quantitative estimate of drug-likeness (QED) is 0.827. The lowest BCUT2D eigenvalue weighted by atomic mass is 10.0. The van der Waals surface area contributed by atoms with Gasteiger partial charge >= 0.3 is 0 Å². The zero-order valence-electron chi connectivity index (χ0n) is 9.50. The second-order valence-corrected chi connectivity index (χ2v) is 3.80. The average molecular weight is 215 g/mol. The van der Waals surface area contributed by atoms with Gasteiger partial charge in [0.1, 0.15) is 0 Å². The highest BCUT2D eigenvalue weighted by atomic mass is 15.3. The number of nitrogens with one attached hydrogen (secondary N) is 1. The molecule has 0 aliphatic rings. The Labute approximate surface area is 96.1 Å². The van der Waals surface area contributed by atoms with Crippen LogP contribution in [0.1, 0.15) is 18.0 Å². The van der Waals surface area contributed by atoms with Gasteiger partial charge in [0.2, 0.25) is 0 Å². The summed E-state index contributed by atoms with van der Waals surface area (Å²) in [6, 6.07) is 12.8. The van der Waals surface area contributed by atoms with E-state index in [1.165, 1.54) is 5.56 Å². The van der Waals surface area contributed by atoms with Crippen LogP contribution in [0.4, 0.5) is 0 Å². The number of hydrogen-bond acceptors (Lipinski definition) is 2. The smallest absolute Gasteiger partial charge is 0.0780 e. The first-order valence-corrected chi connectivity index (χ1v) is 5.60. The van der Waals surface area contributed by atoms with Crippen LogP contribution in [0, 0.1) is 0 Å². The highest BCUT2D eigenvalue weighted by molar-refractivity contribution is 5.19. The summed E-state index contributed by atoms with van der Waals surface area (Å²) in [4.78, 5) is 0. The molecule has 1 heterocycles. The average Bonchev–Trinajstić information content (AvgIpc) is 2.85. The second kappa shape index (κ2) is 5.47. The molecule has 2 aromatic rings. The molecular formula is C13H17N3. The molecule has 0 aliphatic heterocycles. The molecule has 0 radical (unpaired) electrons. The Morgan fingerprint density at radius 1 is 1.25 bits per heavy atom. The van der Waals surface area contributed by atoms with Gasteiger partial charge in [0.25, 0.3) is 0 Å². The Hall–Kier alpha value is -1.61. The Kier molecular flexibility index (Phi) is 3.72. The minimum atomic E-state index is 0.323. The SMILES string of the molecule is CNCCC(c1ccccc1)n1cccn1. The number of benzene rings is 1. The molecule has 0 fully saturated rings. The molecule has 0 amide bonds. The lowest BCUT2D eigenvalue weighted by Gasteiger charge is -2.17. The molecule has 0 bridgehead atoms. The molecule has 1 unspecified atom stereocenters. The van der Waals surface area contributed by atoms with E-state index in [0.717, 1.165) is 13.0 Å². The van der Waals surface area contributed by atoms with Crippen LogP contribution in [0.3, 0.4) is 0 Å². The van der Waals surface area contributed by atoms with Crippen molar-refractivity contribution in [2.24, 2.45) is 0 Å². The van der Waals surface area contributed by atoms with E-state index in [-0.39, 0.29) is 0 Å². The molecule has 3 nitrogen and oxygen atoms in total. The zero-order valence-corrected chi connectivity index (χ0v) is 9.50. The van der Waals surface area contributed by atoms with Crippen LogP contribution in [-0.4, -0.2) is 23.4 Å². The van der Waals surface area contributed by atoms with Gasteiger partial charge in [-0.25, -0.2) is 0 Å². The summed E-state index contributed by atoms with van der Waals surface area (Å²) in [6.07, 6.45) is 4.89. The molecule has 0 saturated carbocycles. The van der Waals surface area contributed by atoms with Gasteiger partial charge in [-0.1, -0.05) is 30.3 Å². The minimum absolute atomic E-state index is 0.323.